The van der Waals surface area contributed by atoms with E-state index in [2.05, 4.69) is 31.4 Å². The normalized spacial score (nSPS) is 19.6. The minimum atomic E-state index is -0.319. The summed E-state index contributed by atoms with van der Waals surface area (Å²) >= 11 is 3.37. The molecule has 0 bridgehead atoms. The molecule has 3 rings (SSSR count). The second-order valence-electron chi connectivity index (χ2n) is 4.58. The molecule has 0 saturated carbocycles. The van der Waals surface area contributed by atoms with Gasteiger partial charge in [0.15, 0.2) is 0 Å². The molecule has 1 aliphatic heterocycles. The highest BCUT2D eigenvalue weighted by molar-refractivity contribution is 9.10. The molecular formula is C13H13BrFN3O. The van der Waals surface area contributed by atoms with Gasteiger partial charge in [0.05, 0.1) is 6.04 Å². The fourth-order valence-electron chi connectivity index (χ4n) is 2.22. The van der Waals surface area contributed by atoms with Crippen LogP contribution in [0.2, 0.25) is 0 Å². The van der Waals surface area contributed by atoms with Crippen molar-refractivity contribution in [2.45, 2.75) is 25.3 Å². The number of hydrogen-bond acceptors (Lipinski definition) is 4. The molecule has 1 fully saturated rings. The molecule has 2 aromatic rings. The fourth-order valence-corrected chi connectivity index (χ4v) is 2.64. The number of piperidine rings is 1. The van der Waals surface area contributed by atoms with Crippen LogP contribution in [-0.2, 0) is 0 Å². The smallest absolute Gasteiger partial charge is 0.244 e. The zero-order chi connectivity index (χ0) is 13.2. The topological polar surface area (TPSA) is 51.0 Å². The zero-order valence-corrected chi connectivity index (χ0v) is 11.8. The van der Waals surface area contributed by atoms with Crippen LogP contribution in [0.1, 0.15) is 31.2 Å². The van der Waals surface area contributed by atoms with Crippen molar-refractivity contribution in [3.05, 3.63) is 34.4 Å². The Balaban J connectivity index is 1.89. The highest BCUT2D eigenvalue weighted by Gasteiger charge is 2.22. The van der Waals surface area contributed by atoms with Crippen LogP contribution in [0.3, 0.4) is 0 Å². The van der Waals surface area contributed by atoms with Gasteiger partial charge in [0.1, 0.15) is 5.82 Å². The Kier molecular flexibility index (Phi) is 3.61. The number of halogens is 2. The first kappa shape index (κ1) is 12.7. The molecule has 1 saturated heterocycles. The number of aromatic nitrogens is 2. The van der Waals surface area contributed by atoms with Crippen LogP contribution in [0.25, 0.3) is 11.4 Å². The lowest BCUT2D eigenvalue weighted by molar-refractivity contribution is 0.297. The summed E-state index contributed by atoms with van der Waals surface area (Å²) in [7, 11) is 0. The molecule has 0 radical (unpaired) electrons. The molecule has 6 heteroatoms. The lowest BCUT2D eigenvalue weighted by atomic mass is 10.1. The minimum absolute atomic E-state index is 0.113. The summed E-state index contributed by atoms with van der Waals surface area (Å²) in [5.41, 5.74) is 0.603. The second kappa shape index (κ2) is 5.38. The van der Waals surface area contributed by atoms with Gasteiger partial charge in [-0.25, -0.2) is 4.39 Å². The number of benzene rings is 1. The zero-order valence-electron chi connectivity index (χ0n) is 10.2. The van der Waals surface area contributed by atoms with Gasteiger partial charge in [0, 0.05) is 10.0 Å². The average molecular weight is 326 g/mol. The van der Waals surface area contributed by atoms with Gasteiger partial charge in [-0.3, -0.25) is 0 Å². The summed E-state index contributed by atoms with van der Waals surface area (Å²) in [6.07, 6.45) is 3.32. The molecule has 0 amide bonds. The first-order valence-corrected chi connectivity index (χ1v) is 7.06. The SMILES string of the molecule is Fc1ccc(Br)c(-c2noc([C@H]3CCCCN3)n2)c1. The summed E-state index contributed by atoms with van der Waals surface area (Å²) in [5.74, 6) is 0.667. The Bertz CT molecular complexity index is 581. The summed E-state index contributed by atoms with van der Waals surface area (Å²) < 4.78 is 19.3. The van der Waals surface area contributed by atoms with Crippen molar-refractivity contribution in [3.8, 4) is 11.4 Å². The van der Waals surface area contributed by atoms with Gasteiger partial charge in [-0.15, -0.1) is 0 Å². The molecule has 1 N–H and O–H groups in total. The van der Waals surface area contributed by atoms with Gasteiger partial charge in [0.25, 0.3) is 0 Å². The Morgan fingerprint density at radius 3 is 3.05 bits per heavy atom. The Labute approximate surface area is 118 Å². The van der Waals surface area contributed by atoms with E-state index in [9.17, 15) is 4.39 Å². The minimum Gasteiger partial charge on any atom is -0.337 e. The number of nitrogens with zero attached hydrogens (tertiary/aromatic N) is 2. The molecule has 100 valence electrons. The summed E-state index contributed by atoms with van der Waals surface area (Å²) in [4.78, 5) is 4.37. The van der Waals surface area contributed by atoms with Crippen molar-refractivity contribution >= 4 is 15.9 Å². The standard InChI is InChI=1S/C13H13BrFN3O/c14-10-5-4-8(15)7-9(10)12-17-13(19-18-12)11-3-1-2-6-16-11/h4-5,7,11,16H,1-3,6H2/t11-/m1/s1. The molecule has 4 nitrogen and oxygen atoms in total. The van der Waals surface area contributed by atoms with Crippen LogP contribution in [-0.4, -0.2) is 16.7 Å². The van der Waals surface area contributed by atoms with Crippen LogP contribution in [0.5, 0.6) is 0 Å². The quantitative estimate of drug-likeness (QED) is 0.918. The van der Waals surface area contributed by atoms with Crippen molar-refractivity contribution in [2.75, 3.05) is 6.54 Å². The Hall–Kier alpha value is -1.27. The third-order valence-electron chi connectivity index (χ3n) is 3.22. The van der Waals surface area contributed by atoms with Crippen LogP contribution in [0, 0.1) is 5.82 Å². The van der Waals surface area contributed by atoms with Gasteiger partial charge < -0.3 is 9.84 Å². The molecule has 2 heterocycles. The van der Waals surface area contributed by atoms with E-state index in [1.807, 2.05) is 0 Å². The summed E-state index contributed by atoms with van der Waals surface area (Å²) in [6.45, 7) is 0.964. The molecule has 1 atom stereocenters. The molecule has 1 aliphatic rings. The maximum atomic E-state index is 13.3. The van der Waals surface area contributed by atoms with Crippen molar-refractivity contribution in [3.63, 3.8) is 0 Å². The molecule has 0 unspecified atom stereocenters. The monoisotopic (exact) mass is 325 g/mol. The van der Waals surface area contributed by atoms with Gasteiger partial charge >= 0.3 is 0 Å². The predicted molar refractivity (Wildman–Crippen MR) is 72.0 cm³/mol. The summed E-state index contributed by atoms with van der Waals surface area (Å²) in [6, 6.07) is 4.53. The third-order valence-corrected chi connectivity index (χ3v) is 3.91. The molecule has 0 aliphatic carbocycles. The number of rotatable bonds is 2. The Morgan fingerprint density at radius 1 is 1.37 bits per heavy atom. The van der Waals surface area contributed by atoms with E-state index < -0.39 is 0 Å². The van der Waals surface area contributed by atoms with E-state index in [4.69, 9.17) is 4.52 Å². The molecule has 0 spiro atoms. The van der Waals surface area contributed by atoms with Crippen molar-refractivity contribution in [2.24, 2.45) is 0 Å². The molecule has 1 aromatic heterocycles. The number of hydrogen-bond donors (Lipinski definition) is 1. The maximum absolute atomic E-state index is 13.3. The van der Waals surface area contributed by atoms with Crippen molar-refractivity contribution in [1.29, 1.82) is 0 Å². The largest absolute Gasteiger partial charge is 0.337 e. The fraction of sp³-hybridized carbons (Fsp3) is 0.385. The maximum Gasteiger partial charge on any atom is 0.244 e. The van der Waals surface area contributed by atoms with Crippen LogP contribution >= 0.6 is 15.9 Å². The first-order chi connectivity index (χ1) is 9.24. The van der Waals surface area contributed by atoms with Gasteiger partial charge in [-0.2, -0.15) is 4.98 Å². The van der Waals surface area contributed by atoms with E-state index in [1.165, 1.54) is 18.6 Å². The van der Waals surface area contributed by atoms with Crippen LogP contribution in [0.15, 0.2) is 27.2 Å². The third kappa shape index (κ3) is 2.69. The lowest BCUT2D eigenvalue weighted by Gasteiger charge is -2.19. The van der Waals surface area contributed by atoms with Gasteiger partial charge in [-0.05, 0) is 37.6 Å². The molecular weight excluding hydrogens is 313 g/mol. The van der Waals surface area contributed by atoms with Crippen LogP contribution < -0.4 is 5.32 Å². The van der Waals surface area contributed by atoms with Crippen LogP contribution in [0.4, 0.5) is 4.39 Å². The van der Waals surface area contributed by atoms with E-state index in [0.717, 1.165) is 23.9 Å². The Morgan fingerprint density at radius 2 is 2.26 bits per heavy atom. The van der Waals surface area contributed by atoms with E-state index >= 15 is 0 Å². The van der Waals surface area contributed by atoms with Gasteiger partial charge in [-0.1, -0.05) is 27.5 Å². The molecule has 19 heavy (non-hydrogen) atoms. The van der Waals surface area contributed by atoms with Crippen molar-refractivity contribution in [1.82, 2.24) is 15.5 Å². The molecule has 1 aromatic carbocycles. The van der Waals surface area contributed by atoms with E-state index in [-0.39, 0.29) is 11.9 Å². The number of nitrogens with one attached hydrogen (secondary N) is 1. The highest BCUT2D eigenvalue weighted by atomic mass is 79.9. The summed E-state index contributed by atoms with van der Waals surface area (Å²) in [5, 5.41) is 7.28. The first-order valence-electron chi connectivity index (χ1n) is 6.26. The van der Waals surface area contributed by atoms with Gasteiger partial charge in [0.2, 0.25) is 11.7 Å². The lowest BCUT2D eigenvalue weighted by Crippen LogP contribution is -2.26. The second-order valence-corrected chi connectivity index (χ2v) is 5.44. The predicted octanol–water partition coefficient (Wildman–Crippen LogP) is 3.45. The van der Waals surface area contributed by atoms with E-state index in [0.29, 0.717) is 17.3 Å². The van der Waals surface area contributed by atoms with E-state index in [1.54, 1.807) is 6.07 Å². The highest BCUT2D eigenvalue weighted by Crippen LogP contribution is 2.29. The van der Waals surface area contributed by atoms with Crippen molar-refractivity contribution < 1.29 is 8.91 Å². The average Bonchev–Trinajstić information content (AvgIpc) is 2.92.